The van der Waals surface area contributed by atoms with E-state index in [9.17, 15) is 14.9 Å². The van der Waals surface area contributed by atoms with Crippen LogP contribution in [-0.2, 0) is 4.79 Å². The van der Waals surface area contributed by atoms with Crippen LogP contribution < -0.4 is 34.3 Å². The number of hydrogen-bond donors (Lipinski definition) is 2. The summed E-state index contributed by atoms with van der Waals surface area (Å²) in [5.41, 5.74) is 3.62. The Labute approximate surface area is 229 Å². The number of allylic oxidation sites excluding steroid dienone is 1. The van der Waals surface area contributed by atoms with Crippen LogP contribution in [0.3, 0.4) is 0 Å². The molecule has 206 valence electrons. The lowest BCUT2D eigenvalue weighted by molar-refractivity contribution is -0.385. The smallest absolute Gasteiger partial charge is 0.279 e. The van der Waals surface area contributed by atoms with E-state index in [1.165, 1.54) is 13.2 Å². The second kappa shape index (κ2) is 9.99. The first kappa shape index (κ1) is 25.4. The van der Waals surface area contributed by atoms with Crippen molar-refractivity contribution in [2.45, 2.75) is 24.8 Å². The number of carbonyl (C=O) groups excluding carboxylic acids is 1. The van der Waals surface area contributed by atoms with E-state index in [4.69, 9.17) is 23.7 Å². The van der Waals surface area contributed by atoms with Crippen molar-refractivity contribution in [2.24, 2.45) is 0 Å². The lowest BCUT2D eigenvalue weighted by Gasteiger charge is -2.30. The average Bonchev–Trinajstić information content (AvgIpc) is 3.35. The van der Waals surface area contributed by atoms with Crippen LogP contribution in [0.15, 0.2) is 59.8 Å². The second-order valence-electron chi connectivity index (χ2n) is 9.65. The number of para-hydroxylation sites is 2. The minimum atomic E-state index is -0.797. The average molecular weight is 546 g/mol. The lowest BCUT2D eigenvalue weighted by Crippen LogP contribution is -2.27. The maximum atomic E-state index is 14.0. The highest BCUT2D eigenvalue weighted by atomic mass is 16.7. The number of Topliss-reactive ketones (excluding diaryl/α,β-unsaturated/α-hetero) is 1. The standard InChI is InChI=1S/C29H27N3O8/c1-36-25-10-16(11-26(37-2)29(25)38-3)15-8-20-27(22(33)9-15)28(31-19-7-5-4-6-18(19)30-20)17-12-23-24(40-14-39-23)13-21(17)32(34)35/h4-7,10-13,15,28,30-31H,8-9,14H2,1-3H3/t15-,28+/m0/s1. The fraction of sp³-hybridized carbons (Fsp3) is 0.276. The predicted octanol–water partition coefficient (Wildman–Crippen LogP) is 5.33. The Hall–Kier alpha value is -4.93. The summed E-state index contributed by atoms with van der Waals surface area (Å²) < 4.78 is 27.5. The highest BCUT2D eigenvalue weighted by Crippen LogP contribution is 2.49. The molecule has 0 saturated carbocycles. The summed E-state index contributed by atoms with van der Waals surface area (Å²) in [5.74, 6) is 1.83. The number of benzene rings is 3. The molecule has 3 aromatic carbocycles. The van der Waals surface area contributed by atoms with E-state index >= 15 is 0 Å². The first-order chi connectivity index (χ1) is 19.4. The van der Waals surface area contributed by atoms with Crippen LogP contribution in [0.5, 0.6) is 28.7 Å². The summed E-state index contributed by atoms with van der Waals surface area (Å²) in [6.07, 6.45) is 0.663. The van der Waals surface area contributed by atoms with Gasteiger partial charge in [0.1, 0.15) is 0 Å². The van der Waals surface area contributed by atoms with E-state index < -0.39 is 11.0 Å². The van der Waals surface area contributed by atoms with Gasteiger partial charge in [-0.1, -0.05) is 12.1 Å². The molecule has 0 amide bonds. The van der Waals surface area contributed by atoms with Gasteiger partial charge in [-0.05, 0) is 48.2 Å². The van der Waals surface area contributed by atoms with Gasteiger partial charge < -0.3 is 34.3 Å². The van der Waals surface area contributed by atoms with Crippen molar-refractivity contribution in [1.29, 1.82) is 0 Å². The fourth-order valence-electron chi connectivity index (χ4n) is 5.63. The molecule has 0 radical (unpaired) electrons. The predicted molar refractivity (Wildman–Crippen MR) is 146 cm³/mol. The van der Waals surface area contributed by atoms with Crippen molar-refractivity contribution in [3.05, 3.63) is 81.0 Å². The Kier molecular flexibility index (Phi) is 6.33. The van der Waals surface area contributed by atoms with Crippen LogP contribution in [0, 0.1) is 10.1 Å². The maximum absolute atomic E-state index is 14.0. The van der Waals surface area contributed by atoms with Crippen molar-refractivity contribution >= 4 is 22.8 Å². The first-order valence-corrected chi connectivity index (χ1v) is 12.7. The number of hydrogen-bond acceptors (Lipinski definition) is 10. The molecule has 3 aliphatic rings. The van der Waals surface area contributed by atoms with Crippen LogP contribution >= 0.6 is 0 Å². The van der Waals surface area contributed by atoms with Gasteiger partial charge in [0.05, 0.1) is 55.3 Å². The molecule has 0 aromatic heterocycles. The van der Waals surface area contributed by atoms with E-state index in [0.29, 0.717) is 57.7 Å². The third-order valence-corrected chi connectivity index (χ3v) is 7.50. The van der Waals surface area contributed by atoms with Crippen molar-refractivity contribution in [3.63, 3.8) is 0 Å². The van der Waals surface area contributed by atoms with Crippen LogP contribution in [-0.4, -0.2) is 38.8 Å². The number of ketones is 1. The summed E-state index contributed by atoms with van der Waals surface area (Å²) in [5, 5.41) is 19.0. The second-order valence-corrected chi connectivity index (χ2v) is 9.65. The van der Waals surface area contributed by atoms with E-state index in [1.807, 2.05) is 36.4 Å². The summed E-state index contributed by atoms with van der Waals surface area (Å²) in [6.45, 7) is -0.0260. The van der Waals surface area contributed by atoms with Crippen molar-refractivity contribution in [3.8, 4) is 28.7 Å². The highest BCUT2D eigenvalue weighted by Gasteiger charge is 2.40. The summed E-state index contributed by atoms with van der Waals surface area (Å²) >= 11 is 0. The van der Waals surface area contributed by atoms with Gasteiger partial charge in [0, 0.05) is 17.7 Å². The number of nitrogens with one attached hydrogen (secondary N) is 2. The molecule has 0 saturated heterocycles. The van der Waals surface area contributed by atoms with Crippen LogP contribution in [0.25, 0.3) is 0 Å². The summed E-state index contributed by atoms with van der Waals surface area (Å²) in [6, 6.07) is 13.4. The van der Waals surface area contributed by atoms with Crippen molar-refractivity contribution in [2.75, 3.05) is 38.8 Å². The molecule has 11 nitrogen and oxygen atoms in total. The molecule has 0 spiro atoms. The zero-order chi connectivity index (χ0) is 28.0. The third-order valence-electron chi connectivity index (χ3n) is 7.50. The van der Waals surface area contributed by atoms with Crippen LogP contribution in [0.1, 0.15) is 35.9 Å². The molecule has 1 aliphatic carbocycles. The number of anilines is 2. The largest absolute Gasteiger partial charge is 0.493 e. The topological polar surface area (TPSA) is 130 Å². The monoisotopic (exact) mass is 545 g/mol. The lowest BCUT2D eigenvalue weighted by atomic mass is 9.78. The molecular formula is C29H27N3O8. The Morgan fingerprint density at radius 1 is 0.925 bits per heavy atom. The number of nitro groups is 1. The van der Waals surface area contributed by atoms with Crippen LogP contribution in [0.4, 0.5) is 17.1 Å². The third kappa shape index (κ3) is 4.19. The minimum Gasteiger partial charge on any atom is -0.493 e. The molecule has 2 atom stereocenters. The zero-order valence-corrected chi connectivity index (χ0v) is 22.1. The number of ether oxygens (including phenoxy) is 5. The van der Waals surface area contributed by atoms with Gasteiger partial charge in [0.25, 0.3) is 5.69 Å². The molecular weight excluding hydrogens is 518 g/mol. The fourth-order valence-corrected chi connectivity index (χ4v) is 5.63. The number of rotatable bonds is 6. The van der Waals surface area contributed by atoms with E-state index in [-0.39, 0.29) is 30.6 Å². The molecule has 0 unspecified atom stereocenters. The molecule has 0 fully saturated rings. The van der Waals surface area contributed by atoms with Gasteiger partial charge in [-0.3, -0.25) is 14.9 Å². The Balaban J connectivity index is 1.49. The number of nitro benzene ring substituents is 1. The van der Waals surface area contributed by atoms with Gasteiger partial charge in [-0.2, -0.15) is 0 Å². The van der Waals surface area contributed by atoms with Crippen LogP contribution in [0.2, 0.25) is 0 Å². The van der Waals surface area contributed by atoms with E-state index in [2.05, 4.69) is 10.6 Å². The molecule has 6 rings (SSSR count). The molecule has 3 aromatic rings. The molecule has 2 aliphatic heterocycles. The quantitative estimate of drug-likeness (QED) is 0.310. The highest BCUT2D eigenvalue weighted by molar-refractivity contribution is 6.01. The van der Waals surface area contributed by atoms with Gasteiger partial charge >= 0.3 is 0 Å². The number of carbonyl (C=O) groups is 1. The molecule has 2 N–H and O–H groups in total. The Morgan fingerprint density at radius 3 is 2.25 bits per heavy atom. The minimum absolute atomic E-state index is 0.0260. The summed E-state index contributed by atoms with van der Waals surface area (Å²) in [4.78, 5) is 25.7. The van der Waals surface area contributed by atoms with Crippen molar-refractivity contribution < 1.29 is 33.4 Å². The van der Waals surface area contributed by atoms with Gasteiger partial charge in [-0.25, -0.2) is 0 Å². The first-order valence-electron chi connectivity index (χ1n) is 12.7. The Morgan fingerprint density at radius 2 is 1.60 bits per heavy atom. The van der Waals surface area contributed by atoms with Gasteiger partial charge in [0.15, 0.2) is 28.8 Å². The van der Waals surface area contributed by atoms with Gasteiger partial charge in [-0.15, -0.1) is 0 Å². The van der Waals surface area contributed by atoms with Crippen molar-refractivity contribution in [1.82, 2.24) is 0 Å². The molecule has 11 heteroatoms. The Bertz CT molecular complexity index is 1540. The molecule has 2 heterocycles. The van der Waals surface area contributed by atoms with E-state index in [1.54, 1.807) is 20.3 Å². The van der Waals surface area contributed by atoms with Gasteiger partial charge in [0.2, 0.25) is 12.5 Å². The SMILES string of the molecule is COc1cc([C@@H]2CC(=O)C3=C(C2)Nc2ccccc2N[C@@H]3c2cc3c(cc2[N+](=O)[O-])OCO3)cc(OC)c1OC. The summed E-state index contributed by atoms with van der Waals surface area (Å²) in [7, 11) is 4.63. The number of nitrogens with zero attached hydrogens (tertiary/aromatic N) is 1. The molecule has 0 bridgehead atoms. The number of methoxy groups -OCH3 is 3. The number of fused-ring (bicyclic) bond motifs is 2. The normalized spacial score (nSPS) is 19.0. The van der Waals surface area contributed by atoms with E-state index in [0.717, 1.165) is 11.3 Å². The molecule has 40 heavy (non-hydrogen) atoms. The zero-order valence-electron chi connectivity index (χ0n) is 22.1. The maximum Gasteiger partial charge on any atom is 0.279 e.